The fourth-order valence-electron chi connectivity index (χ4n) is 4.45. The van der Waals surface area contributed by atoms with Crippen molar-refractivity contribution in [1.82, 2.24) is 9.55 Å². The molecule has 1 aliphatic heterocycles. The summed E-state index contributed by atoms with van der Waals surface area (Å²) >= 11 is 0. The first kappa shape index (κ1) is 21.5. The summed E-state index contributed by atoms with van der Waals surface area (Å²) < 4.78 is 71.5. The molecule has 3 aromatic carbocycles. The van der Waals surface area contributed by atoms with Gasteiger partial charge in [0.2, 0.25) is 0 Å². The number of ether oxygens (including phenoxy) is 1. The summed E-state index contributed by atoms with van der Waals surface area (Å²) in [5, 5.41) is 0. The van der Waals surface area contributed by atoms with Crippen molar-refractivity contribution < 1.29 is 26.3 Å². The van der Waals surface area contributed by atoms with E-state index in [0.29, 0.717) is 35.0 Å². The highest BCUT2D eigenvalue weighted by Crippen LogP contribution is 2.41. The summed E-state index contributed by atoms with van der Waals surface area (Å²) in [5.41, 5.74) is 2.34. The number of halogens is 3. The van der Waals surface area contributed by atoms with E-state index in [-0.39, 0.29) is 22.3 Å². The number of benzene rings is 3. The fourth-order valence-corrected chi connectivity index (χ4v) is 5.12. The number of fused-ring (bicyclic) bond motifs is 3. The van der Waals surface area contributed by atoms with Crippen molar-refractivity contribution in [3.63, 3.8) is 0 Å². The zero-order valence-corrected chi connectivity index (χ0v) is 18.3. The molecule has 33 heavy (non-hydrogen) atoms. The molecule has 1 atom stereocenters. The van der Waals surface area contributed by atoms with Gasteiger partial charge in [0.1, 0.15) is 17.4 Å². The Bertz CT molecular complexity index is 1480. The predicted molar refractivity (Wildman–Crippen MR) is 118 cm³/mol. The summed E-state index contributed by atoms with van der Waals surface area (Å²) in [6, 6.07) is 15.4. The summed E-state index contributed by atoms with van der Waals surface area (Å²) in [6.07, 6.45) is 2.33. The van der Waals surface area contributed by atoms with Crippen LogP contribution in [0.5, 0.6) is 5.75 Å². The van der Waals surface area contributed by atoms with E-state index >= 15 is 4.39 Å². The zero-order valence-electron chi connectivity index (χ0n) is 17.5. The minimum atomic E-state index is -3.46. The van der Waals surface area contributed by atoms with Crippen molar-refractivity contribution in [2.24, 2.45) is 0 Å². The van der Waals surface area contributed by atoms with Crippen molar-refractivity contribution in [3.05, 3.63) is 77.9 Å². The Labute approximate surface area is 188 Å². The van der Waals surface area contributed by atoms with Crippen LogP contribution in [0, 0.1) is 5.82 Å². The average Bonchev–Trinajstić information content (AvgIpc) is 3.31. The number of hydrogen-bond acceptors (Lipinski definition) is 4. The lowest BCUT2D eigenvalue weighted by Crippen LogP contribution is -2.10. The number of nitrogens with zero attached hydrogens (tertiary/aromatic N) is 2. The monoisotopic (exact) mass is 472 g/mol. The maximum absolute atomic E-state index is 15.0. The third-order valence-corrected chi connectivity index (χ3v) is 6.98. The molecule has 1 aliphatic rings. The highest BCUT2D eigenvalue weighted by Gasteiger charge is 2.30. The second-order valence-corrected chi connectivity index (χ2v) is 10.0. The largest absolute Gasteiger partial charge is 0.434 e. The van der Waals surface area contributed by atoms with Crippen LogP contribution in [0.4, 0.5) is 13.2 Å². The topological polar surface area (TPSA) is 61.2 Å². The lowest BCUT2D eigenvalue weighted by atomic mass is 10.0. The summed E-state index contributed by atoms with van der Waals surface area (Å²) in [4.78, 5) is 4.64. The van der Waals surface area contributed by atoms with E-state index in [4.69, 9.17) is 4.74 Å². The molecule has 0 saturated heterocycles. The van der Waals surface area contributed by atoms with E-state index < -0.39 is 22.3 Å². The maximum Gasteiger partial charge on any atom is 0.387 e. The molecule has 0 fully saturated rings. The number of para-hydroxylation sites is 1. The number of sulfone groups is 1. The molecule has 5 rings (SSSR count). The summed E-state index contributed by atoms with van der Waals surface area (Å²) in [5.74, 6) is 0.293. The van der Waals surface area contributed by atoms with Gasteiger partial charge in [-0.05, 0) is 36.2 Å². The van der Waals surface area contributed by atoms with Crippen LogP contribution in [0.2, 0.25) is 0 Å². The molecule has 0 aliphatic carbocycles. The normalized spacial score (nSPS) is 15.8. The molecule has 2 heterocycles. The first-order valence-electron chi connectivity index (χ1n) is 10.3. The van der Waals surface area contributed by atoms with Gasteiger partial charge in [0, 0.05) is 29.9 Å². The number of alkyl halides is 2. The first-order chi connectivity index (χ1) is 15.7. The van der Waals surface area contributed by atoms with Crippen LogP contribution >= 0.6 is 0 Å². The van der Waals surface area contributed by atoms with E-state index in [0.717, 1.165) is 12.1 Å². The smallest absolute Gasteiger partial charge is 0.387 e. The SMILES string of the molecule is CS(=O)(=O)c1cccc(-c2cc3c(cc2F)nc2n3C(c3ccccc3OC(F)F)CC2)c1. The zero-order chi connectivity index (χ0) is 23.3. The Balaban J connectivity index is 1.66. The van der Waals surface area contributed by atoms with Gasteiger partial charge in [-0.25, -0.2) is 17.8 Å². The number of hydrogen-bond donors (Lipinski definition) is 0. The summed E-state index contributed by atoms with van der Waals surface area (Å²) in [7, 11) is -3.46. The molecule has 0 radical (unpaired) electrons. The minimum Gasteiger partial charge on any atom is -0.434 e. The molecule has 170 valence electrons. The van der Waals surface area contributed by atoms with E-state index in [2.05, 4.69) is 4.98 Å². The van der Waals surface area contributed by atoms with E-state index in [9.17, 15) is 17.2 Å². The second kappa shape index (κ2) is 7.91. The van der Waals surface area contributed by atoms with Crippen molar-refractivity contribution in [2.45, 2.75) is 30.4 Å². The van der Waals surface area contributed by atoms with Crippen LogP contribution in [0.15, 0.2) is 65.6 Å². The summed E-state index contributed by atoms with van der Waals surface area (Å²) in [6.45, 7) is -2.95. The molecular formula is C24H19F3N2O3S. The van der Waals surface area contributed by atoms with Gasteiger partial charge in [0.05, 0.1) is 22.0 Å². The molecule has 4 aromatic rings. The van der Waals surface area contributed by atoms with Crippen molar-refractivity contribution >= 4 is 20.9 Å². The molecule has 0 saturated carbocycles. The van der Waals surface area contributed by atoms with Crippen molar-refractivity contribution in [2.75, 3.05) is 6.26 Å². The predicted octanol–water partition coefficient (Wildman–Crippen LogP) is 5.38. The van der Waals surface area contributed by atoms with Gasteiger partial charge < -0.3 is 9.30 Å². The van der Waals surface area contributed by atoms with Crippen LogP contribution in [0.1, 0.15) is 23.9 Å². The Hall–Kier alpha value is -3.33. The second-order valence-electron chi connectivity index (χ2n) is 7.99. The Kier molecular flexibility index (Phi) is 5.16. The van der Waals surface area contributed by atoms with Crippen LogP contribution in [-0.2, 0) is 16.3 Å². The number of aromatic nitrogens is 2. The molecule has 0 spiro atoms. The maximum atomic E-state index is 15.0. The molecular weight excluding hydrogens is 453 g/mol. The van der Waals surface area contributed by atoms with Gasteiger partial charge in [0.15, 0.2) is 9.84 Å². The minimum absolute atomic E-state index is 0.0916. The van der Waals surface area contributed by atoms with Crippen molar-refractivity contribution in [1.29, 1.82) is 0 Å². The molecule has 1 aromatic heterocycles. The third kappa shape index (κ3) is 3.86. The van der Waals surface area contributed by atoms with Gasteiger partial charge in [-0.2, -0.15) is 8.78 Å². The standard InChI is InChI=1S/C24H19F3N2O3S/c1-33(30,31)15-6-4-5-14(11-15)17-12-21-19(13-18(17)25)28-23-10-9-20(29(21)23)16-7-2-3-8-22(16)32-24(26)27/h2-8,11-13,20,24H,9-10H2,1H3. The van der Waals surface area contributed by atoms with E-state index in [1.807, 2.05) is 4.57 Å². The number of rotatable bonds is 5. The fraction of sp³-hybridized carbons (Fsp3) is 0.208. The molecule has 9 heteroatoms. The molecule has 1 unspecified atom stereocenters. The lowest BCUT2D eigenvalue weighted by Gasteiger charge is -2.19. The molecule has 0 N–H and O–H groups in total. The first-order valence-corrected chi connectivity index (χ1v) is 12.2. The van der Waals surface area contributed by atoms with Crippen LogP contribution in [0.25, 0.3) is 22.2 Å². The van der Waals surface area contributed by atoms with Gasteiger partial charge in [-0.1, -0.05) is 30.3 Å². The van der Waals surface area contributed by atoms with Crippen LogP contribution < -0.4 is 4.74 Å². The Morgan fingerprint density at radius 2 is 1.88 bits per heavy atom. The highest BCUT2D eigenvalue weighted by atomic mass is 32.2. The quantitative estimate of drug-likeness (QED) is 0.391. The van der Waals surface area contributed by atoms with E-state index in [1.54, 1.807) is 36.4 Å². The number of aryl methyl sites for hydroxylation is 1. The van der Waals surface area contributed by atoms with Gasteiger partial charge in [-0.15, -0.1) is 0 Å². The highest BCUT2D eigenvalue weighted by molar-refractivity contribution is 7.90. The third-order valence-electron chi connectivity index (χ3n) is 5.87. The van der Waals surface area contributed by atoms with Gasteiger partial charge in [-0.3, -0.25) is 0 Å². The number of imidazole rings is 1. The van der Waals surface area contributed by atoms with Gasteiger partial charge >= 0.3 is 6.61 Å². The Morgan fingerprint density at radius 3 is 2.64 bits per heavy atom. The van der Waals surface area contributed by atoms with E-state index in [1.165, 1.54) is 24.3 Å². The van der Waals surface area contributed by atoms with Gasteiger partial charge in [0.25, 0.3) is 0 Å². The van der Waals surface area contributed by atoms with Crippen molar-refractivity contribution in [3.8, 4) is 16.9 Å². The lowest BCUT2D eigenvalue weighted by molar-refractivity contribution is -0.0506. The van der Waals surface area contributed by atoms with Crippen LogP contribution in [-0.4, -0.2) is 30.8 Å². The molecule has 0 bridgehead atoms. The average molecular weight is 472 g/mol. The molecule has 5 nitrogen and oxygen atoms in total. The van der Waals surface area contributed by atoms with Crippen LogP contribution in [0.3, 0.4) is 0 Å². The Morgan fingerprint density at radius 1 is 1.09 bits per heavy atom. The molecule has 0 amide bonds.